The summed E-state index contributed by atoms with van der Waals surface area (Å²) in [4.78, 5) is 33.8. The van der Waals surface area contributed by atoms with Crippen LogP contribution in [0.5, 0.6) is 0 Å². The molecule has 1 amide bonds. The zero-order chi connectivity index (χ0) is 26.8. The Morgan fingerprint density at radius 3 is 2.35 bits per heavy atom. The van der Waals surface area contributed by atoms with E-state index in [1.54, 1.807) is 30.3 Å². The average Bonchev–Trinajstić information content (AvgIpc) is 3.37. The number of rotatable bonds is 8. The molecule has 4 rings (SSSR count). The van der Waals surface area contributed by atoms with E-state index in [1.165, 1.54) is 22.4 Å². The lowest BCUT2D eigenvalue weighted by Crippen LogP contribution is -2.26. The molecule has 11 heteroatoms. The Bertz CT molecular complexity index is 1330. The van der Waals surface area contributed by atoms with Crippen molar-refractivity contribution in [2.24, 2.45) is 0 Å². The molecule has 7 nitrogen and oxygen atoms in total. The third-order valence-corrected chi connectivity index (χ3v) is 6.51. The van der Waals surface area contributed by atoms with Gasteiger partial charge in [0.15, 0.2) is 10.8 Å². The molecule has 0 aliphatic rings. The molecule has 0 fully saturated rings. The van der Waals surface area contributed by atoms with E-state index in [1.807, 2.05) is 18.3 Å². The van der Waals surface area contributed by atoms with Gasteiger partial charge in [0.05, 0.1) is 16.3 Å². The number of anilines is 2. The third-order valence-electron chi connectivity index (χ3n) is 4.89. The Balaban J connectivity index is 0.000000289. The Morgan fingerprint density at radius 1 is 1.03 bits per heavy atom. The summed E-state index contributed by atoms with van der Waals surface area (Å²) < 4.78 is 0. The van der Waals surface area contributed by atoms with Crippen LogP contribution in [0.15, 0.2) is 72.2 Å². The van der Waals surface area contributed by atoms with E-state index < -0.39 is 11.9 Å². The summed E-state index contributed by atoms with van der Waals surface area (Å²) in [5, 5.41) is 15.0. The molecule has 0 atom stereocenters. The molecule has 2 aromatic carbocycles. The van der Waals surface area contributed by atoms with Crippen LogP contribution in [-0.2, 0) is 6.42 Å². The number of aromatic nitrogens is 2. The Morgan fingerprint density at radius 2 is 1.76 bits per heavy atom. The van der Waals surface area contributed by atoms with Crippen LogP contribution in [0.1, 0.15) is 33.5 Å². The van der Waals surface area contributed by atoms with Gasteiger partial charge in [0.25, 0.3) is 5.91 Å². The van der Waals surface area contributed by atoms with Crippen molar-refractivity contribution in [3.05, 3.63) is 104 Å². The summed E-state index contributed by atoms with van der Waals surface area (Å²) in [7, 11) is 0. The number of hydrogen-bond acceptors (Lipinski definition) is 6. The van der Waals surface area contributed by atoms with Crippen LogP contribution in [-0.4, -0.2) is 40.0 Å². The second-order valence-corrected chi connectivity index (χ2v) is 9.60. The van der Waals surface area contributed by atoms with E-state index in [-0.39, 0.29) is 21.4 Å². The minimum Gasteiger partial charge on any atom is -0.476 e. The first kappa shape index (κ1) is 28.6. The quantitative estimate of drug-likeness (QED) is 0.219. The third kappa shape index (κ3) is 8.24. The number of likely N-dealkylation sites (N-methyl/N-ethyl adjacent to an activating group) is 1. The second-order valence-electron chi connectivity index (χ2n) is 7.49. The molecule has 0 bridgehead atoms. The summed E-state index contributed by atoms with van der Waals surface area (Å²) in [6, 6.07) is 17.0. The largest absolute Gasteiger partial charge is 0.476 e. The van der Waals surface area contributed by atoms with Crippen LogP contribution < -0.4 is 10.2 Å². The molecule has 4 aromatic rings. The van der Waals surface area contributed by atoms with Crippen molar-refractivity contribution >= 4 is 68.8 Å². The monoisotopic (exact) mass is 576 g/mol. The van der Waals surface area contributed by atoms with Crippen molar-refractivity contribution in [2.45, 2.75) is 13.3 Å². The van der Waals surface area contributed by atoms with Gasteiger partial charge in [0.1, 0.15) is 0 Å². The first-order valence-corrected chi connectivity index (χ1v) is 13.2. The Hall–Kier alpha value is -3.01. The zero-order valence-corrected chi connectivity index (χ0v) is 22.8. The molecule has 2 heterocycles. The number of carboxylic acids is 1. The lowest BCUT2D eigenvalue weighted by molar-refractivity contribution is 0.0691. The van der Waals surface area contributed by atoms with Gasteiger partial charge in [-0.1, -0.05) is 47.8 Å². The number of carboxylic acid groups (broad SMARTS) is 1. The van der Waals surface area contributed by atoms with Crippen molar-refractivity contribution in [2.75, 3.05) is 18.0 Å². The van der Waals surface area contributed by atoms with Gasteiger partial charge in [-0.2, -0.15) is 0 Å². The number of nitrogens with zero attached hydrogens (tertiary/aromatic N) is 3. The maximum atomic E-state index is 13.1. The highest BCUT2D eigenvalue weighted by Crippen LogP contribution is 2.33. The van der Waals surface area contributed by atoms with Gasteiger partial charge in [0.2, 0.25) is 0 Å². The predicted octanol–water partition coefficient (Wildman–Crippen LogP) is 7.01. The number of carbonyl (C=O) groups excluding carboxylic acids is 1. The topological polar surface area (TPSA) is 95.4 Å². The number of thiazole rings is 1. The van der Waals surface area contributed by atoms with E-state index in [2.05, 4.69) is 28.3 Å². The fraction of sp³-hybridized carbons (Fsp3) is 0.154. The molecule has 2 N–H and O–H groups in total. The fourth-order valence-corrected chi connectivity index (χ4v) is 4.52. The summed E-state index contributed by atoms with van der Waals surface area (Å²) in [5.74, 6) is -1.65. The average molecular weight is 578 g/mol. The summed E-state index contributed by atoms with van der Waals surface area (Å²) in [6.45, 7) is 4.17. The van der Waals surface area contributed by atoms with E-state index in [0.29, 0.717) is 15.7 Å². The Kier molecular flexibility index (Phi) is 10.9. The van der Waals surface area contributed by atoms with Gasteiger partial charge in [-0.25, -0.2) is 9.78 Å². The first-order chi connectivity index (χ1) is 17.8. The van der Waals surface area contributed by atoms with Crippen LogP contribution >= 0.6 is 46.1 Å². The van der Waals surface area contributed by atoms with E-state index in [9.17, 15) is 9.59 Å². The SMILES string of the molecule is CCNCCc1ccccn1.O=C(O)c1csc(N(C(=O)c2ccc(Cl)cc2Cl)c2ccc(Cl)cc2)n1. The van der Waals surface area contributed by atoms with E-state index >= 15 is 0 Å². The maximum Gasteiger partial charge on any atom is 0.355 e. The molecule has 37 heavy (non-hydrogen) atoms. The molecule has 0 saturated carbocycles. The lowest BCUT2D eigenvalue weighted by Gasteiger charge is -2.20. The van der Waals surface area contributed by atoms with Crippen molar-refractivity contribution in [1.82, 2.24) is 15.3 Å². The van der Waals surface area contributed by atoms with Crippen LogP contribution in [0.3, 0.4) is 0 Å². The number of pyridine rings is 1. The van der Waals surface area contributed by atoms with Gasteiger partial charge in [-0.15, -0.1) is 11.3 Å². The highest BCUT2D eigenvalue weighted by atomic mass is 35.5. The molecule has 0 aliphatic carbocycles. The van der Waals surface area contributed by atoms with Gasteiger partial charge in [-0.05, 0) is 61.1 Å². The molecular formula is C26H23Cl3N4O3S. The van der Waals surface area contributed by atoms with Crippen molar-refractivity contribution in [3.63, 3.8) is 0 Å². The van der Waals surface area contributed by atoms with Crippen LogP contribution in [0, 0.1) is 0 Å². The number of aromatic carboxylic acids is 1. The number of carbonyl (C=O) groups is 2. The molecule has 2 aromatic heterocycles. The predicted molar refractivity (Wildman–Crippen MR) is 150 cm³/mol. The number of benzene rings is 2. The van der Waals surface area contributed by atoms with E-state index in [0.717, 1.165) is 36.5 Å². The van der Waals surface area contributed by atoms with Crippen LogP contribution in [0.25, 0.3) is 0 Å². The standard InChI is InChI=1S/C17H9Cl3N2O3S.C9H14N2/c18-9-1-4-11(5-2-9)22(17-21-14(8-26-17)16(24)25)15(23)12-6-3-10(19)7-13(12)20;1-2-10-8-6-9-5-3-4-7-11-9/h1-8H,(H,24,25);3-5,7,10H,2,6,8H2,1H3. The summed E-state index contributed by atoms with van der Waals surface area (Å²) in [5.41, 5.74) is 1.68. The Labute approximate surface area is 233 Å². The van der Waals surface area contributed by atoms with Crippen LogP contribution in [0.2, 0.25) is 15.1 Å². The minimum absolute atomic E-state index is 0.154. The van der Waals surface area contributed by atoms with Gasteiger partial charge in [-0.3, -0.25) is 14.7 Å². The molecule has 0 spiro atoms. The normalized spacial score (nSPS) is 10.4. The zero-order valence-electron chi connectivity index (χ0n) is 19.7. The van der Waals surface area contributed by atoms with Crippen LogP contribution in [0.4, 0.5) is 10.8 Å². The summed E-state index contributed by atoms with van der Waals surface area (Å²) >= 11 is 19.0. The maximum absolute atomic E-state index is 13.1. The first-order valence-electron chi connectivity index (χ1n) is 11.1. The number of nitrogens with one attached hydrogen (secondary N) is 1. The fourth-order valence-electron chi connectivity index (χ4n) is 3.09. The molecule has 192 valence electrons. The van der Waals surface area contributed by atoms with Crippen molar-refractivity contribution in [3.8, 4) is 0 Å². The smallest absolute Gasteiger partial charge is 0.355 e. The van der Waals surface area contributed by atoms with E-state index in [4.69, 9.17) is 39.9 Å². The summed E-state index contributed by atoms with van der Waals surface area (Å²) in [6.07, 6.45) is 2.86. The minimum atomic E-state index is -1.18. The molecule has 0 saturated heterocycles. The van der Waals surface area contributed by atoms with Gasteiger partial charge in [0, 0.05) is 40.3 Å². The number of amides is 1. The molecule has 0 unspecified atom stereocenters. The van der Waals surface area contributed by atoms with Gasteiger partial charge < -0.3 is 10.4 Å². The second kappa shape index (κ2) is 14.1. The molecular weight excluding hydrogens is 555 g/mol. The molecule has 0 aliphatic heterocycles. The molecule has 0 radical (unpaired) electrons. The number of halogens is 3. The number of hydrogen-bond donors (Lipinski definition) is 2. The van der Waals surface area contributed by atoms with Crippen molar-refractivity contribution in [1.29, 1.82) is 0 Å². The van der Waals surface area contributed by atoms with Gasteiger partial charge >= 0.3 is 5.97 Å². The van der Waals surface area contributed by atoms with Crippen molar-refractivity contribution < 1.29 is 14.7 Å². The highest BCUT2D eigenvalue weighted by molar-refractivity contribution is 7.14. The highest BCUT2D eigenvalue weighted by Gasteiger charge is 2.25. The lowest BCUT2D eigenvalue weighted by atomic mass is 10.2.